The molecule has 0 saturated carbocycles. The summed E-state index contributed by atoms with van der Waals surface area (Å²) in [5, 5.41) is 18.7. The summed E-state index contributed by atoms with van der Waals surface area (Å²) in [5.74, 6) is -1.82. The summed E-state index contributed by atoms with van der Waals surface area (Å²) in [7, 11) is -3.91. The number of rotatable bonds is 5. The zero-order chi connectivity index (χ0) is 19.6. The van der Waals surface area contributed by atoms with E-state index in [0.29, 0.717) is 0 Å². The first-order valence-corrected chi connectivity index (χ1v) is 9.51. The molecule has 0 saturated heterocycles. The van der Waals surface area contributed by atoms with Crippen LogP contribution in [-0.4, -0.2) is 24.6 Å². The van der Waals surface area contributed by atoms with Gasteiger partial charge in [-0.05, 0) is 42.3 Å². The molecule has 0 unspecified atom stereocenters. The maximum absolute atomic E-state index is 12.7. The maximum atomic E-state index is 12.7. The third kappa shape index (κ3) is 4.09. The van der Waals surface area contributed by atoms with Crippen LogP contribution in [-0.2, 0) is 10.0 Å². The number of carboxylic acid groups (broad SMARTS) is 1. The van der Waals surface area contributed by atoms with Crippen LogP contribution >= 0.6 is 0 Å². The van der Waals surface area contributed by atoms with Gasteiger partial charge in [0.15, 0.2) is 0 Å². The number of phenols is 1. The number of anilines is 1. The van der Waals surface area contributed by atoms with Crippen LogP contribution in [0.5, 0.6) is 5.75 Å². The lowest BCUT2D eigenvalue weighted by Crippen LogP contribution is -2.13. The van der Waals surface area contributed by atoms with E-state index in [2.05, 4.69) is 4.72 Å². The number of hydrogen-bond acceptors (Lipinski definition) is 4. The molecule has 7 heteroatoms. The predicted octanol–water partition coefficient (Wildman–Crippen LogP) is 3.87. The fraction of sp³-hybridized carbons (Fsp3) is 0.0500. The second-order valence-corrected chi connectivity index (χ2v) is 7.72. The van der Waals surface area contributed by atoms with Crippen molar-refractivity contribution in [2.45, 2.75) is 11.8 Å². The molecule has 0 aromatic heterocycles. The van der Waals surface area contributed by atoms with Gasteiger partial charge in [-0.3, -0.25) is 4.72 Å². The van der Waals surface area contributed by atoms with Crippen molar-refractivity contribution in [3.63, 3.8) is 0 Å². The number of aromatic carboxylic acids is 1. The topological polar surface area (TPSA) is 104 Å². The van der Waals surface area contributed by atoms with Crippen molar-refractivity contribution in [1.82, 2.24) is 0 Å². The van der Waals surface area contributed by atoms with Gasteiger partial charge in [0.1, 0.15) is 11.3 Å². The minimum absolute atomic E-state index is 0.0586. The Morgan fingerprint density at radius 2 is 1.59 bits per heavy atom. The molecule has 3 aromatic rings. The second kappa shape index (κ2) is 7.13. The molecular formula is C20H17NO5S. The Morgan fingerprint density at radius 1 is 0.926 bits per heavy atom. The van der Waals surface area contributed by atoms with Gasteiger partial charge in [-0.25, -0.2) is 13.2 Å². The minimum Gasteiger partial charge on any atom is -0.507 e. The van der Waals surface area contributed by atoms with Crippen molar-refractivity contribution in [1.29, 1.82) is 0 Å². The first-order valence-electron chi connectivity index (χ1n) is 8.02. The van der Waals surface area contributed by atoms with Crippen LogP contribution in [0.15, 0.2) is 71.6 Å². The van der Waals surface area contributed by atoms with E-state index in [-0.39, 0.29) is 16.1 Å². The molecule has 138 valence electrons. The summed E-state index contributed by atoms with van der Waals surface area (Å²) in [6.45, 7) is 1.96. The summed E-state index contributed by atoms with van der Waals surface area (Å²) in [5.41, 5.74) is 2.48. The smallest absolute Gasteiger partial charge is 0.339 e. The van der Waals surface area contributed by atoms with E-state index >= 15 is 0 Å². The molecule has 0 heterocycles. The first kappa shape index (κ1) is 18.5. The fourth-order valence-electron chi connectivity index (χ4n) is 2.66. The van der Waals surface area contributed by atoms with Crippen LogP contribution in [0.3, 0.4) is 0 Å². The normalized spacial score (nSPS) is 11.1. The Balaban J connectivity index is 1.93. The zero-order valence-electron chi connectivity index (χ0n) is 14.4. The zero-order valence-corrected chi connectivity index (χ0v) is 15.2. The third-order valence-corrected chi connectivity index (χ3v) is 5.36. The lowest BCUT2D eigenvalue weighted by Gasteiger charge is -2.11. The molecule has 6 nitrogen and oxygen atoms in total. The quantitative estimate of drug-likeness (QED) is 0.620. The molecule has 0 aliphatic carbocycles. The molecule has 0 spiro atoms. The maximum Gasteiger partial charge on any atom is 0.339 e. The molecule has 0 amide bonds. The molecule has 0 atom stereocenters. The minimum atomic E-state index is -3.91. The number of carbonyl (C=O) groups is 1. The highest BCUT2D eigenvalue weighted by molar-refractivity contribution is 7.92. The average Bonchev–Trinajstić information content (AvgIpc) is 2.61. The van der Waals surface area contributed by atoms with Crippen LogP contribution in [0.1, 0.15) is 15.9 Å². The van der Waals surface area contributed by atoms with Gasteiger partial charge in [0, 0.05) is 6.07 Å². The van der Waals surface area contributed by atoms with Crippen molar-refractivity contribution in [2.24, 2.45) is 0 Å². The van der Waals surface area contributed by atoms with E-state index in [9.17, 15) is 18.3 Å². The van der Waals surface area contributed by atoms with E-state index in [1.165, 1.54) is 12.1 Å². The molecule has 0 aliphatic heterocycles. The number of aryl methyl sites for hydroxylation is 1. The Bertz CT molecular complexity index is 1120. The molecule has 3 N–H and O–H groups in total. The Labute approximate surface area is 156 Å². The third-order valence-electron chi connectivity index (χ3n) is 3.98. The molecule has 0 fully saturated rings. The highest BCUT2D eigenvalue weighted by atomic mass is 32.2. The molecule has 3 rings (SSSR count). The van der Waals surface area contributed by atoms with Crippen LogP contribution in [0, 0.1) is 6.92 Å². The van der Waals surface area contributed by atoms with Gasteiger partial charge in [0.25, 0.3) is 10.0 Å². The first-order chi connectivity index (χ1) is 12.8. The van der Waals surface area contributed by atoms with Crippen LogP contribution in [0.2, 0.25) is 0 Å². The van der Waals surface area contributed by atoms with Gasteiger partial charge in [0.2, 0.25) is 0 Å². The number of aromatic hydroxyl groups is 1. The monoisotopic (exact) mass is 383 g/mol. The fourth-order valence-corrected chi connectivity index (χ4v) is 3.75. The Hall–Kier alpha value is -3.32. The molecule has 27 heavy (non-hydrogen) atoms. The van der Waals surface area contributed by atoms with Crippen molar-refractivity contribution in [3.05, 3.63) is 77.9 Å². The van der Waals surface area contributed by atoms with Gasteiger partial charge in [0.05, 0.1) is 10.6 Å². The lowest BCUT2D eigenvalue weighted by molar-refractivity contribution is 0.0694. The van der Waals surface area contributed by atoms with Gasteiger partial charge in [-0.1, -0.05) is 42.0 Å². The number of carboxylic acids is 1. The van der Waals surface area contributed by atoms with E-state index in [0.717, 1.165) is 28.8 Å². The SMILES string of the molecule is Cc1cccc(-c2cccc(S(=O)(=O)Nc3ccc(C(=O)O)c(O)c3)c2)c1. The van der Waals surface area contributed by atoms with Crippen molar-refractivity contribution < 1.29 is 23.4 Å². The van der Waals surface area contributed by atoms with E-state index < -0.39 is 21.7 Å². The summed E-state index contributed by atoms with van der Waals surface area (Å²) in [4.78, 5) is 11.0. The van der Waals surface area contributed by atoms with Crippen molar-refractivity contribution in [3.8, 4) is 16.9 Å². The van der Waals surface area contributed by atoms with E-state index in [1.807, 2.05) is 37.3 Å². The molecule has 0 radical (unpaired) electrons. The largest absolute Gasteiger partial charge is 0.507 e. The number of sulfonamides is 1. The predicted molar refractivity (Wildman–Crippen MR) is 102 cm³/mol. The molecular weight excluding hydrogens is 366 g/mol. The van der Waals surface area contributed by atoms with Gasteiger partial charge in [-0.2, -0.15) is 0 Å². The van der Waals surface area contributed by atoms with Crippen LogP contribution in [0.25, 0.3) is 11.1 Å². The van der Waals surface area contributed by atoms with E-state index in [1.54, 1.807) is 12.1 Å². The molecule has 0 aliphatic rings. The van der Waals surface area contributed by atoms with Gasteiger partial charge < -0.3 is 10.2 Å². The van der Waals surface area contributed by atoms with Gasteiger partial charge >= 0.3 is 5.97 Å². The number of nitrogens with one attached hydrogen (secondary N) is 1. The molecule has 0 bridgehead atoms. The molecule has 3 aromatic carbocycles. The Morgan fingerprint density at radius 3 is 2.22 bits per heavy atom. The second-order valence-electron chi connectivity index (χ2n) is 6.04. The van der Waals surface area contributed by atoms with Gasteiger partial charge in [-0.15, -0.1) is 0 Å². The highest BCUT2D eigenvalue weighted by Crippen LogP contribution is 2.27. The number of benzene rings is 3. The van der Waals surface area contributed by atoms with Crippen LogP contribution < -0.4 is 4.72 Å². The average molecular weight is 383 g/mol. The highest BCUT2D eigenvalue weighted by Gasteiger charge is 2.17. The van der Waals surface area contributed by atoms with Crippen LogP contribution in [0.4, 0.5) is 5.69 Å². The summed E-state index contributed by atoms with van der Waals surface area (Å²) >= 11 is 0. The summed E-state index contributed by atoms with van der Waals surface area (Å²) < 4.78 is 27.7. The lowest BCUT2D eigenvalue weighted by atomic mass is 10.0. The Kier molecular flexibility index (Phi) is 4.87. The standard InChI is InChI=1S/C20H17NO5S/c1-13-4-2-5-14(10-13)15-6-3-7-17(11-15)27(25,26)21-16-8-9-18(20(23)24)19(22)12-16/h2-12,21-22H,1H3,(H,23,24). The van der Waals surface area contributed by atoms with E-state index in [4.69, 9.17) is 5.11 Å². The van der Waals surface area contributed by atoms with Crippen molar-refractivity contribution >= 4 is 21.7 Å². The van der Waals surface area contributed by atoms with Crippen molar-refractivity contribution in [2.75, 3.05) is 4.72 Å². The summed E-state index contributed by atoms with van der Waals surface area (Å²) in [6, 6.07) is 17.7. The number of hydrogen-bond donors (Lipinski definition) is 3. The summed E-state index contributed by atoms with van der Waals surface area (Å²) in [6.07, 6.45) is 0.